The molecule has 0 spiro atoms. The molecule has 2 aliphatic rings. The van der Waals surface area contributed by atoms with Crippen LogP contribution in [0.25, 0.3) is 0 Å². The second kappa shape index (κ2) is 4.95. The standard InChI is InChI=1S/C10H19ClFN3/c1-6-3-14-10(15-4-6)7-2-8(12)9(11)13-5-7/h6-10,13-15H,2-5H2,1H3. The molecule has 2 fully saturated rings. The largest absolute Gasteiger partial charge is 0.301 e. The summed E-state index contributed by atoms with van der Waals surface area (Å²) in [6, 6.07) is 0. The van der Waals surface area contributed by atoms with E-state index in [0.717, 1.165) is 19.6 Å². The summed E-state index contributed by atoms with van der Waals surface area (Å²) < 4.78 is 13.4. The van der Waals surface area contributed by atoms with Crippen LogP contribution in [-0.4, -0.2) is 37.5 Å². The van der Waals surface area contributed by atoms with Gasteiger partial charge in [-0.1, -0.05) is 6.92 Å². The molecule has 2 saturated heterocycles. The molecule has 3 N–H and O–H groups in total. The normalized spacial score (nSPS) is 47.8. The lowest BCUT2D eigenvalue weighted by Crippen LogP contribution is -2.60. The summed E-state index contributed by atoms with van der Waals surface area (Å²) in [5.41, 5.74) is -0.510. The molecular formula is C10H19ClFN3. The highest BCUT2D eigenvalue weighted by molar-refractivity contribution is 6.20. The van der Waals surface area contributed by atoms with Crippen LogP contribution in [0.2, 0.25) is 0 Å². The van der Waals surface area contributed by atoms with E-state index in [2.05, 4.69) is 22.9 Å². The fraction of sp³-hybridized carbons (Fsp3) is 1.00. The topological polar surface area (TPSA) is 36.1 Å². The molecule has 0 radical (unpaired) electrons. The van der Waals surface area contributed by atoms with Crippen molar-refractivity contribution in [2.24, 2.45) is 11.8 Å². The van der Waals surface area contributed by atoms with Crippen LogP contribution in [0, 0.1) is 11.8 Å². The number of rotatable bonds is 1. The first-order chi connectivity index (χ1) is 7.16. The van der Waals surface area contributed by atoms with Crippen molar-refractivity contribution in [2.45, 2.75) is 31.2 Å². The lowest BCUT2D eigenvalue weighted by atomic mass is 9.93. The van der Waals surface area contributed by atoms with E-state index in [1.54, 1.807) is 0 Å². The summed E-state index contributed by atoms with van der Waals surface area (Å²) in [4.78, 5) is 0. The van der Waals surface area contributed by atoms with Crippen molar-refractivity contribution in [3.05, 3.63) is 0 Å². The van der Waals surface area contributed by atoms with Gasteiger partial charge in [0.25, 0.3) is 0 Å². The highest BCUT2D eigenvalue weighted by Gasteiger charge is 2.34. The Hall–Kier alpha value is 0.1000. The van der Waals surface area contributed by atoms with Crippen molar-refractivity contribution in [1.82, 2.24) is 16.0 Å². The minimum atomic E-state index is -0.937. The van der Waals surface area contributed by atoms with Crippen LogP contribution in [0.5, 0.6) is 0 Å². The van der Waals surface area contributed by atoms with E-state index < -0.39 is 11.7 Å². The molecule has 15 heavy (non-hydrogen) atoms. The summed E-state index contributed by atoms with van der Waals surface area (Å²) in [6.45, 7) is 5.00. The van der Waals surface area contributed by atoms with Crippen molar-refractivity contribution in [3.63, 3.8) is 0 Å². The van der Waals surface area contributed by atoms with Crippen LogP contribution in [0.1, 0.15) is 13.3 Å². The van der Waals surface area contributed by atoms with Gasteiger partial charge in [0.1, 0.15) is 11.7 Å². The monoisotopic (exact) mass is 235 g/mol. The molecule has 0 aromatic carbocycles. The van der Waals surface area contributed by atoms with Crippen LogP contribution in [0.3, 0.4) is 0 Å². The average molecular weight is 236 g/mol. The van der Waals surface area contributed by atoms with Gasteiger partial charge in [-0.2, -0.15) is 0 Å². The Morgan fingerprint density at radius 1 is 1.13 bits per heavy atom. The Balaban J connectivity index is 1.84. The lowest BCUT2D eigenvalue weighted by Gasteiger charge is -2.39. The number of hydrogen-bond donors (Lipinski definition) is 3. The molecule has 0 amide bonds. The summed E-state index contributed by atoms with van der Waals surface area (Å²) in [6.07, 6.45) is -0.162. The van der Waals surface area contributed by atoms with Gasteiger partial charge in [0.05, 0.1) is 6.17 Å². The van der Waals surface area contributed by atoms with E-state index >= 15 is 0 Å². The zero-order valence-corrected chi connectivity index (χ0v) is 9.73. The van der Waals surface area contributed by atoms with Crippen molar-refractivity contribution >= 4 is 11.6 Å². The predicted molar refractivity (Wildman–Crippen MR) is 59.6 cm³/mol. The van der Waals surface area contributed by atoms with Gasteiger partial charge in [0, 0.05) is 25.6 Å². The summed E-state index contributed by atoms with van der Waals surface area (Å²) in [5, 5.41) is 9.83. The van der Waals surface area contributed by atoms with Crippen LogP contribution in [0.15, 0.2) is 0 Å². The maximum atomic E-state index is 13.4. The molecule has 2 heterocycles. The van der Waals surface area contributed by atoms with Gasteiger partial charge < -0.3 is 10.6 Å². The minimum Gasteiger partial charge on any atom is -0.301 e. The van der Waals surface area contributed by atoms with Gasteiger partial charge in [-0.3, -0.25) is 5.32 Å². The van der Waals surface area contributed by atoms with Crippen molar-refractivity contribution < 1.29 is 4.39 Å². The molecule has 0 aromatic heterocycles. The van der Waals surface area contributed by atoms with Gasteiger partial charge in [0.2, 0.25) is 0 Å². The molecule has 0 saturated carbocycles. The second-order valence-corrected chi connectivity index (χ2v) is 5.19. The van der Waals surface area contributed by atoms with Gasteiger partial charge in [-0.05, 0) is 12.3 Å². The summed E-state index contributed by atoms with van der Waals surface area (Å²) in [7, 11) is 0. The maximum Gasteiger partial charge on any atom is 0.130 e. The van der Waals surface area contributed by atoms with E-state index in [9.17, 15) is 4.39 Å². The van der Waals surface area contributed by atoms with Crippen LogP contribution < -0.4 is 16.0 Å². The SMILES string of the molecule is CC1CNC(C2CNC(Cl)C(F)C2)NC1. The van der Waals surface area contributed by atoms with E-state index in [1.165, 1.54) is 0 Å². The highest BCUT2D eigenvalue weighted by Crippen LogP contribution is 2.22. The Kier molecular flexibility index (Phi) is 3.83. The molecule has 2 rings (SSSR count). The van der Waals surface area contributed by atoms with E-state index in [4.69, 9.17) is 11.6 Å². The first-order valence-corrected chi connectivity index (χ1v) is 6.08. The molecule has 3 unspecified atom stereocenters. The predicted octanol–water partition coefficient (Wildman–Crippen LogP) is 0.654. The molecule has 2 aliphatic heterocycles. The fourth-order valence-corrected chi connectivity index (χ4v) is 2.46. The van der Waals surface area contributed by atoms with Crippen LogP contribution in [0.4, 0.5) is 4.39 Å². The number of piperidine rings is 1. The molecule has 0 aliphatic carbocycles. The number of halogens is 2. The number of hydrogen-bond acceptors (Lipinski definition) is 3. The Morgan fingerprint density at radius 2 is 1.80 bits per heavy atom. The van der Waals surface area contributed by atoms with Crippen LogP contribution in [-0.2, 0) is 0 Å². The Labute approximate surface area is 95.1 Å². The van der Waals surface area contributed by atoms with Gasteiger partial charge in [-0.25, -0.2) is 4.39 Å². The third-order valence-electron chi connectivity index (χ3n) is 3.26. The summed E-state index contributed by atoms with van der Waals surface area (Å²) in [5.74, 6) is 0.947. The highest BCUT2D eigenvalue weighted by atomic mass is 35.5. The van der Waals surface area contributed by atoms with Gasteiger partial charge in [0.15, 0.2) is 0 Å². The molecule has 0 bridgehead atoms. The second-order valence-electron chi connectivity index (χ2n) is 4.72. The Morgan fingerprint density at radius 3 is 2.40 bits per heavy atom. The van der Waals surface area contributed by atoms with E-state index in [0.29, 0.717) is 18.3 Å². The van der Waals surface area contributed by atoms with Crippen molar-refractivity contribution in [3.8, 4) is 0 Å². The quantitative estimate of drug-likeness (QED) is 0.462. The first-order valence-electron chi connectivity index (χ1n) is 5.65. The zero-order chi connectivity index (χ0) is 10.8. The molecule has 88 valence electrons. The molecule has 5 heteroatoms. The van der Waals surface area contributed by atoms with E-state index in [-0.39, 0.29) is 6.17 Å². The molecular weight excluding hydrogens is 217 g/mol. The lowest BCUT2D eigenvalue weighted by molar-refractivity contribution is 0.138. The Bertz CT molecular complexity index is 209. The van der Waals surface area contributed by atoms with Crippen molar-refractivity contribution in [2.75, 3.05) is 19.6 Å². The minimum absolute atomic E-state index is 0.233. The van der Waals surface area contributed by atoms with Gasteiger partial charge in [-0.15, -0.1) is 11.6 Å². The van der Waals surface area contributed by atoms with Crippen LogP contribution >= 0.6 is 11.6 Å². The van der Waals surface area contributed by atoms with Gasteiger partial charge >= 0.3 is 0 Å². The molecule has 3 atom stereocenters. The van der Waals surface area contributed by atoms with Crippen molar-refractivity contribution in [1.29, 1.82) is 0 Å². The maximum absolute atomic E-state index is 13.4. The zero-order valence-electron chi connectivity index (χ0n) is 8.97. The first kappa shape index (κ1) is 11.6. The molecule has 3 nitrogen and oxygen atoms in total. The van der Waals surface area contributed by atoms with E-state index in [1.807, 2.05) is 0 Å². The number of nitrogens with one attached hydrogen (secondary N) is 3. The molecule has 0 aromatic rings. The summed E-state index contributed by atoms with van der Waals surface area (Å²) >= 11 is 5.77. The fourth-order valence-electron chi connectivity index (χ4n) is 2.27. The third-order valence-corrected chi connectivity index (χ3v) is 3.69. The third kappa shape index (κ3) is 2.81. The smallest absolute Gasteiger partial charge is 0.130 e. The number of alkyl halides is 2. The average Bonchev–Trinajstić information content (AvgIpc) is 2.23.